The van der Waals surface area contributed by atoms with Crippen LogP contribution in [0.3, 0.4) is 0 Å². The molecule has 1 aromatic heterocycles. The van der Waals surface area contributed by atoms with Gasteiger partial charge in [-0.1, -0.05) is 34.1 Å². The first kappa shape index (κ1) is 14.1. The van der Waals surface area contributed by atoms with Gasteiger partial charge in [-0.05, 0) is 25.5 Å². The predicted molar refractivity (Wildman–Crippen MR) is 79.2 cm³/mol. The van der Waals surface area contributed by atoms with Crippen molar-refractivity contribution in [3.8, 4) is 11.4 Å². The first-order valence-corrected chi connectivity index (χ1v) is 7.59. The molecule has 0 radical (unpaired) electrons. The Bertz CT molecular complexity index is 527. The third kappa shape index (κ3) is 3.80. The van der Waals surface area contributed by atoms with Gasteiger partial charge in [0.15, 0.2) is 0 Å². The number of alkyl halides is 1. The van der Waals surface area contributed by atoms with Crippen molar-refractivity contribution in [2.24, 2.45) is 0 Å². The van der Waals surface area contributed by atoms with E-state index in [4.69, 9.17) is 4.74 Å². The summed E-state index contributed by atoms with van der Waals surface area (Å²) in [5, 5.41) is 9.16. The number of aryl methyl sites for hydroxylation is 1. The molecule has 0 aliphatic rings. The molecule has 1 unspecified atom stereocenters. The van der Waals surface area contributed by atoms with Gasteiger partial charge in [0.05, 0.1) is 23.7 Å². The molecule has 2 aromatic rings. The Hall–Kier alpha value is -1.36. The highest BCUT2D eigenvalue weighted by Crippen LogP contribution is 2.18. The van der Waals surface area contributed by atoms with Crippen molar-refractivity contribution in [2.45, 2.75) is 32.8 Å². The van der Waals surface area contributed by atoms with Gasteiger partial charge in [-0.2, -0.15) is 0 Å². The maximum absolute atomic E-state index is 5.81. The van der Waals surface area contributed by atoms with Crippen LogP contribution in [0.5, 0.6) is 5.75 Å². The Morgan fingerprint density at radius 2 is 2.26 bits per heavy atom. The lowest BCUT2D eigenvalue weighted by molar-refractivity contribution is 0.217. The zero-order chi connectivity index (χ0) is 13.7. The summed E-state index contributed by atoms with van der Waals surface area (Å²) in [6.07, 6.45) is 4.03. The molecule has 0 saturated carbocycles. The van der Waals surface area contributed by atoms with Gasteiger partial charge < -0.3 is 4.74 Å². The Balaban J connectivity index is 2.17. The molecule has 1 aromatic carbocycles. The third-order valence-corrected chi connectivity index (χ3v) is 3.28. The summed E-state index contributed by atoms with van der Waals surface area (Å²) >= 11 is 3.40. The molecule has 0 aliphatic heterocycles. The van der Waals surface area contributed by atoms with Crippen LogP contribution in [-0.2, 0) is 6.42 Å². The van der Waals surface area contributed by atoms with E-state index < -0.39 is 0 Å². The number of ether oxygens (including phenoxy) is 1. The Labute approximate surface area is 121 Å². The molecular weight excluding hydrogens is 306 g/mol. The molecule has 5 heteroatoms. The average molecular weight is 324 g/mol. The number of nitrogens with zero attached hydrogens (tertiary/aromatic N) is 3. The molecule has 0 saturated heterocycles. The van der Waals surface area contributed by atoms with E-state index in [9.17, 15) is 0 Å². The molecule has 0 aliphatic carbocycles. The molecule has 1 atom stereocenters. The van der Waals surface area contributed by atoms with Gasteiger partial charge in [-0.15, -0.1) is 5.10 Å². The largest absolute Gasteiger partial charge is 0.491 e. The first-order valence-electron chi connectivity index (χ1n) is 6.47. The standard InChI is InChI=1S/C14H18BrN3O/c1-3-11(2)19-14-6-4-5-13(9-14)18-10-12(7-8-15)16-17-18/h4-6,9-11H,3,7-8H2,1-2H3. The molecule has 0 bridgehead atoms. The highest BCUT2D eigenvalue weighted by molar-refractivity contribution is 9.09. The number of halogens is 1. The van der Waals surface area contributed by atoms with E-state index in [0.29, 0.717) is 0 Å². The maximum atomic E-state index is 5.81. The van der Waals surface area contributed by atoms with Crippen LogP contribution < -0.4 is 4.74 Å². The van der Waals surface area contributed by atoms with Crippen LogP contribution in [0, 0.1) is 0 Å². The molecule has 0 spiro atoms. The molecule has 1 heterocycles. The SMILES string of the molecule is CCC(C)Oc1cccc(-n2cc(CCBr)nn2)c1. The number of rotatable bonds is 6. The van der Waals surface area contributed by atoms with Gasteiger partial charge in [0, 0.05) is 17.8 Å². The lowest BCUT2D eigenvalue weighted by Crippen LogP contribution is -2.09. The van der Waals surface area contributed by atoms with Gasteiger partial charge in [0.2, 0.25) is 0 Å². The van der Waals surface area contributed by atoms with E-state index in [2.05, 4.69) is 40.1 Å². The average Bonchev–Trinajstić information content (AvgIpc) is 2.88. The van der Waals surface area contributed by atoms with E-state index >= 15 is 0 Å². The van der Waals surface area contributed by atoms with E-state index in [1.807, 2.05) is 30.5 Å². The highest BCUT2D eigenvalue weighted by atomic mass is 79.9. The van der Waals surface area contributed by atoms with E-state index in [1.165, 1.54) is 0 Å². The van der Waals surface area contributed by atoms with E-state index in [-0.39, 0.29) is 6.10 Å². The van der Waals surface area contributed by atoms with Crippen LogP contribution in [0.25, 0.3) is 5.69 Å². The zero-order valence-electron chi connectivity index (χ0n) is 11.2. The lowest BCUT2D eigenvalue weighted by atomic mass is 10.2. The van der Waals surface area contributed by atoms with E-state index in [1.54, 1.807) is 4.68 Å². The fourth-order valence-electron chi connectivity index (χ4n) is 1.65. The second-order valence-corrected chi connectivity index (χ2v) is 5.22. The van der Waals surface area contributed by atoms with Crippen LogP contribution in [-0.4, -0.2) is 26.4 Å². The monoisotopic (exact) mass is 323 g/mol. The predicted octanol–water partition coefficient (Wildman–Crippen LogP) is 3.38. The van der Waals surface area contributed by atoms with Crippen LogP contribution in [0.1, 0.15) is 26.0 Å². The van der Waals surface area contributed by atoms with Crippen molar-refractivity contribution in [3.05, 3.63) is 36.2 Å². The fourth-order valence-corrected chi connectivity index (χ4v) is 2.06. The number of benzene rings is 1. The Morgan fingerprint density at radius 3 is 3.00 bits per heavy atom. The summed E-state index contributed by atoms with van der Waals surface area (Å²) in [5.41, 5.74) is 1.94. The van der Waals surface area contributed by atoms with E-state index in [0.717, 1.165) is 35.3 Å². The summed E-state index contributed by atoms with van der Waals surface area (Å²) in [4.78, 5) is 0. The third-order valence-electron chi connectivity index (χ3n) is 2.89. The quantitative estimate of drug-likeness (QED) is 0.765. The summed E-state index contributed by atoms with van der Waals surface area (Å²) < 4.78 is 7.59. The fraction of sp³-hybridized carbons (Fsp3) is 0.429. The van der Waals surface area contributed by atoms with Gasteiger partial charge in [-0.3, -0.25) is 0 Å². The zero-order valence-corrected chi connectivity index (χ0v) is 12.8. The topological polar surface area (TPSA) is 39.9 Å². The van der Waals surface area contributed by atoms with Crippen LogP contribution in [0.2, 0.25) is 0 Å². The molecular formula is C14H18BrN3O. The second kappa shape index (κ2) is 6.70. The van der Waals surface area contributed by atoms with Gasteiger partial charge >= 0.3 is 0 Å². The number of hydrogen-bond donors (Lipinski definition) is 0. The van der Waals surface area contributed by atoms with Crippen LogP contribution >= 0.6 is 15.9 Å². The molecule has 0 fully saturated rings. The maximum Gasteiger partial charge on any atom is 0.121 e. The van der Waals surface area contributed by atoms with Crippen molar-refractivity contribution in [3.63, 3.8) is 0 Å². The van der Waals surface area contributed by atoms with Gasteiger partial charge in [-0.25, -0.2) is 4.68 Å². The Kier molecular flexibility index (Phi) is 4.96. The minimum Gasteiger partial charge on any atom is -0.491 e. The van der Waals surface area contributed by atoms with Crippen molar-refractivity contribution in [1.29, 1.82) is 0 Å². The van der Waals surface area contributed by atoms with Gasteiger partial charge in [0.1, 0.15) is 5.75 Å². The molecule has 0 N–H and O–H groups in total. The van der Waals surface area contributed by atoms with Crippen molar-refractivity contribution < 1.29 is 4.74 Å². The molecule has 0 amide bonds. The summed E-state index contributed by atoms with van der Waals surface area (Å²) in [5.74, 6) is 0.865. The summed E-state index contributed by atoms with van der Waals surface area (Å²) in [6.45, 7) is 4.18. The highest BCUT2D eigenvalue weighted by Gasteiger charge is 2.05. The second-order valence-electron chi connectivity index (χ2n) is 4.43. The molecule has 102 valence electrons. The molecule has 4 nitrogen and oxygen atoms in total. The summed E-state index contributed by atoms with van der Waals surface area (Å²) in [6, 6.07) is 7.92. The van der Waals surface area contributed by atoms with Crippen molar-refractivity contribution in [1.82, 2.24) is 15.0 Å². The molecule has 19 heavy (non-hydrogen) atoms. The van der Waals surface area contributed by atoms with Crippen LogP contribution in [0.4, 0.5) is 0 Å². The van der Waals surface area contributed by atoms with Gasteiger partial charge in [0.25, 0.3) is 0 Å². The smallest absolute Gasteiger partial charge is 0.121 e. The summed E-state index contributed by atoms with van der Waals surface area (Å²) in [7, 11) is 0. The number of aromatic nitrogens is 3. The van der Waals surface area contributed by atoms with Crippen LogP contribution in [0.15, 0.2) is 30.5 Å². The Morgan fingerprint density at radius 1 is 1.42 bits per heavy atom. The molecule has 2 rings (SSSR count). The van der Waals surface area contributed by atoms with Crippen molar-refractivity contribution in [2.75, 3.05) is 5.33 Å². The van der Waals surface area contributed by atoms with Crippen molar-refractivity contribution >= 4 is 15.9 Å². The minimum absolute atomic E-state index is 0.218. The number of hydrogen-bond acceptors (Lipinski definition) is 3. The lowest BCUT2D eigenvalue weighted by Gasteiger charge is -2.13. The normalized spacial score (nSPS) is 12.4. The minimum atomic E-state index is 0.218. The first-order chi connectivity index (χ1) is 9.22.